The van der Waals surface area contributed by atoms with Crippen LogP contribution in [0.3, 0.4) is 0 Å². The van der Waals surface area contributed by atoms with E-state index in [0.29, 0.717) is 6.54 Å². The summed E-state index contributed by atoms with van der Waals surface area (Å²) in [4.78, 5) is 13.4. The van der Waals surface area contributed by atoms with Crippen molar-refractivity contribution in [2.24, 2.45) is 5.92 Å². The molecule has 17 heavy (non-hydrogen) atoms. The number of phenols is 1. The quantitative estimate of drug-likeness (QED) is 0.606. The van der Waals surface area contributed by atoms with Gasteiger partial charge in [-0.3, -0.25) is 4.79 Å². The predicted molar refractivity (Wildman–Crippen MR) is 64.3 cm³/mol. The summed E-state index contributed by atoms with van der Waals surface area (Å²) in [6.45, 7) is 2.03. The van der Waals surface area contributed by atoms with E-state index < -0.39 is 0 Å². The molecule has 1 aromatic carbocycles. The second-order valence-corrected chi connectivity index (χ2v) is 3.96. The van der Waals surface area contributed by atoms with Gasteiger partial charge in [-0.2, -0.15) is 5.26 Å². The molecule has 5 nitrogen and oxygen atoms in total. The van der Waals surface area contributed by atoms with Crippen LogP contribution in [0.25, 0.3) is 0 Å². The lowest BCUT2D eigenvalue weighted by atomic mass is 10.1. The van der Waals surface area contributed by atoms with E-state index in [4.69, 9.17) is 11.0 Å². The number of nitrogen functional groups attached to an aromatic ring is 1. The average molecular weight is 233 g/mol. The Labute approximate surface area is 100 Å². The highest BCUT2D eigenvalue weighted by molar-refractivity contribution is 5.98. The van der Waals surface area contributed by atoms with Crippen molar-refractivity contribution < 1.29 is 9.90 Å². The molecule has 0 aliphatic carbocycles. The number of benzene rings is 1. The molecule has 1 unspecified atom stereocenters. The van der Waals surface area contributed by atoms with Crippen LogP contribution in [0.15, 0.2) is 18.2 Å². The van der Waals surface area contributed by atoms with Crippen molar-refractivity contribution in [2.45, 2.75) is 6.92 Å². The molecule has 0 bridgehead atoms. The Kier molecular flexibility index (Phi) is 3.94. The molecule has 1 amide bonds. The van der Waals surface area contributed by atoms with Gasteiger partial charge in [0, 0.05) is 13.6 Å². The zero-order valence-corrected chi connectivity index (χ0v) is 9.84. The fourth-order valence-electron chi connectivity index (χ4n) is 1.47. The maximum absolute atomic E-state index is 12.0. The number of nitrogens with zero attached hydrogens (tertiary/aromatic N) is 2. The van der Waals surface area contributed by atoms with Crippen LogP contribution in [-0.4, -0.2) is 29.5 Å². The van der Waals surface area contributed by atoms with E-state index in [1.54, 1.807) is 20.0 Å². The molecule has 0 saturated heterocycles. The summed E-state index contributed by atoms with van der Waals surface area (Å²) in [6, 6.07) is 6.67. The third-order valence-electron chi connectivity index (χ3n) is 2.41. The first-order valence-electron chi connectivity index (χ1n) is 5.20. The van der Waals surface area contributed by atoms with Gasteiger partial charge >= 0.3 is 0 Å². The largest absolute Gasteiger partial charge is 0.505 e. The number of nitrogens with two attached hydrogens (primary N) is 1. The summed E-state index contributed by atoms with van der Waals surface area (Å²) in [5, 5.41) is 18.3. The van der Waals surface area contributed by atoms with Crippen molar-refractivity contribution in [1.29, 1.82) is 5.26 Å². The summed E-state index contributed by atoms with van der Waals surface area (Å²) < 4.78 is 0. The van der Waals surface area contributed by atoms with Crippen molar-refractivity contribution in [3.63, 3.8) is 0 Å². The van der Waals surface area contributed by atoms with Crippen molar-refractivity contribution >= 4 is 11.6 Å². The number of rotatable bonds is 3. The second-order valence-electron chi connectivity index (χ2n) is 3.96. The summed E-state index contributed by atoms with van der Waals surface area (Å²) in [5.41, 5.74) is 5.83. The fraction of sp³-hybridized carbons (Fsp3) is 0.333. The molecule has 0 spiro atoms. The highest BCUT2D eigenvalue weighted by Crippen LogP contribution is 2.25. The number of phenolic OH excluding ortho intramolecular Hbond substituents is 1. The number of nitriles is 1. The topological polar surface area (TPSA) is 90.4 Å². The standard InChI is InChI=1S/C12H15N3O2/c1-8(6-13)7-15(2)12(17)9-4-3-5-10(14)11(9)16/h3-5,8,16H,7,14H2,1-2H3. The van der Waals surface area contributed by atoms with E-state index in [2.05, 4.69) is 0 Å². The molecule has 1 atom stereocenters. The number of aromatic hydroxyl groups is 1. The maximum Gasteiger partial charge on any atom is 0.257 e. The van der Waals surface area contributed by atoms with Gasteiger partial charge in [-0.05, 0) is 19.1 Å². The molecule has 0 heterocycles. The second kappa shape index (κ2) is 5.21. The molecule has 0 fully saturated rings. The summed E-state index contributed by atoms with van der Waals surface area (Å²) in [6.07, 6.45) is 0. The summed E-state index contributed by atoms with van der Waals surface area (Å²) in [7, 11) is 1.58. The van der Waals surface area contributed by atoms with Gasteiger partial charge in [0.25, 0.3) is 5.91 Å². The van der Waals surface area contributed by atoms with Crippen molar-refractivity contribution in [3.05, 3.63) is 23.8 Å². The number of amides is 1. The third kappa shape index (κ3) is 2.88. The van der Waals surface area contributed by atoms with E-state index in [1.807, 2.05) is 6.07 Å². The van der Waals surface area contributed by atoms with Gasteiger partial charge in [0.2, 0.25) is 0 Å². The van der Waals surface area contributed by atoms with E-state index in [1.165, 1.54) is 17.0 Å². The first-order valence-corrected chi connectivity index (χ1v) is 5.20. The summed E-state index contributed by atoms with van der Waals surface area (Å²) in [5.74, 6) is -0.821. The lowest BCUT2D eigenvalue weighted by Gasteiger charge is -2.19. The molecule has 0 aliphatic heterocycles. The van der Waals surface area contributed by atoms with E-state index in [-0.39, 0.29) is 28.8 Å². The smallest absolute Gasteiger partial charge is 0.257 e. The Morgan fingerprint density at radius 1 is 1.65 bits per heavy atom. The van der Waals surface area contributed by atoms with Gasteiger partial charge in [-0.25, -0.2) is 0 Å². The molecule has 1 rings (SSSR count). The zero-order valence-electron chi connectivity index (χ0n) is 9.84. The monoisotopic (exact) mass is 233 g/mol. The molecule has 90 valence electrons. The first-order chi connectivity index (χ1) is 7.97. The Hall–Kier alpha value is -2.22. The van der Waals surface area contributed by atoms with E-state index in [0.717, 1.165) is 0 Å². The number of hydrogen-bond acceptors (Lipinski definition) is 4. The molecule has 5 heteroatoms. The van der Waals surface area contributed by atoms with Crippen LogP contribution in [0, 0.1) is 17.2 Å². The number of carbonyl (C=O) groups is 1. The van der Waals surface area contributed by atoms with Gasteiger partial charge < -0.3 is 15.7 Å². The van der Waals surface area contributed by atoms with Crippen LogP contribution in [0.4, 0.5) is 5.69 Å². The number of anilines is 1. The minimum Gasteiger partial charge on any atom is -0.505 e. The van der Waals surface area contributed by atoms with Crippen molar-refractivity contribution in [1.82, 2.24) is 4.90 Å². The van der Waals surface area contributed by atoms with Gasteiger partial charge in [0.05, 0.1) is 23.2 Å². The Morgan fingerprint density at radius 3 is 2.88 bits per heavy atom. The molecule has 3 N–H and O–H groups in total. The van der Waals surface area contributed by atoms with Gasteiger partial charge in [0.1, 0.15) is 0 Å². The first kappa shape index (κ1) is 12.8. The highest BCUT2D eigenvalue weighted by Gasteiger charge is 2.18. The Balaban J connectivity index is 2.90. The number of carbonyl (C=O) groups excluding carboxylic acids is 1. The van der Waals surface area contributed by atoms with Crippen LogP contribution >= 0.6 is 0 Å². The number of para-hydroxylation sites is 1. The lowest BCUT2D eigenvalue weighted by Crippen LogP contribution is -2.30. The van der Waals surface area contributed by atoms with Crippen LogP contribution in [0.5, 0.6) is 5.75 Å². The zero-order chi connectivity index (χ0) is 13.0. The normalized spacial score (nSPS) is 11.6. The van der Waals surface area contributed by atoms with Gasteiger partial charge in [-0.1, -0.05) is 6.07 Å². The molecule has 0 aromatic heterocycles. The fourth-order valence-corrected chi connectivity index (χ4v) is 1.47. The maximum atomic E-state index is 12.0. The number of hydrogen-bond donors (Lipinski definition) is 2. The van der Waals surface area contributed by atoms with Crippen LogP contribution in [0.1, 0.15) is 17.3 Å². The van der Waals surface area contributed by atoms with Crippen LogP contribution in [0.2, 0.25) is 0 Å². The van der Waals surface area contributed by atoms with Crippen molar-refractivity contribution in [3.8, 4) is 11.8 Å². The Morgan fingerprint density at radius 2 is 2.29 bits per heavy atom. The predicted octanol–water partition coefficient (Wildman–Crippen LogP) is 1.21. The SMILES string of the molecule is CC(C#N)CN(C)C(=O)c1cccc(N)c1O. The Bertz CT molecular complexity index is 465. The molecule has 1 aromatic rings. The minimum absolute atomic E-state index is 0.151. The lowest BCUT2D eigenvalue weighted by molar-refractivity contribution is 0.0782. The molecular weight excluding hydrogens is 218 g/mol. The van der Waals surface area contributed by atoms with Gasteiger partial charge in [-0.15, -0.1) is 0 Å². The molecule has 0 radical (unpaired) electrons. The molecule has 0 aliphatic rings. The third-order valence-corrected chi connectivity index (χ3v) is 2.41. The molecular formula is C12H15N3O2. The summed E-state index contributed by atoms with van der Waals surface area (Å²) >= 11 is 0. The molecule has 0 saturated carbocycles. The van der Waals surface area contributed by atoms with Crippen molar-refractivity contribution in [2.75, 3.05) is 19.3 Å². The average Bonchev–Trinajstić information content (AvgIpc) is 2.31. The highest BCUT2D eigenvalue weighted by atomic mass is 16.3. The van der Waals surface area contributed by atoms with Crippen LogP contribution in [-0.2, 0) is 0 Å². The van der Waals surface area contributed by atoms with E-state index in [9.17, 15) is 9.90 Å². The minimum atomic E-state index is -0.350. The van der Waals surface area contributed by atoms with Crippen LogP contribution < -0.4 is 5.73 Å². The van der Waals surface area contributed by atoms with Gasteiger partial charge in [0.15, 0.2) is 5.75 Å². The van der Waals surface area contributed by atoms with E-state index >= 15 is 0 Å².